The second kappa shape index (κ2) is 7.00. The number of carbonyl (C=O) groups is 2. The third kappa shape index (κ3) is 4.25. The fraction of sp³-hybridized carbons (Fsp3) is 0.385. The van der Waals surface area contributed by atoms with Crippen LogP contribution in [0.2, 0.25) is 5.02 Å². The van der Waals surface area contributed by atoms with Gasteiger partial charge in [-0.2, -0.15) is 11.8 Å². The maximum absolute atomic E-state index is 13.3. The van der Waals surface area contributed by atoms with Gasteiger partial charge in [0.1, 0.15) is 5.82 Å². The summed E-state index contributed by atoms with van der Waals surface area (Å²) >= 11 is 7.19. The molecule has 0 saturated carbocycles. The molecule has 21 heavy (non-hydrogen) atoms. The molecular formula is C13H14ClFN2O3S. The lowest BCUT2D eigenvalue weighted by molar-refractivity contribution is -0.137. The third-order valence-electron chi connectivity index (χ3n) is 3.07. The number of nitrogens with zero attached hydrogens (tertiary/aromatic N) is 1. The van der Waals surface area contributed by atoms with Crippen LogP contribution in [0.15, 0.2) is 18.2 Å². The summed E-state index contributed by atoms with van der Waals surface area (Å²) in [5, 5.41) is 11.4. The topological polar surface area (TPSA) is 69.6 Å². The van der Waals surface area contributed by atoms with Crippen LogP contribution in [-0.4, -0.2) is 46.1 Å². The van der Waals surface area contributed by atoms with E-state index in [2.05, 4.69) is 5.32 Å². The van der Waals surface area contributed by atoms with Crippen molar-refractivity contribution in [1.29, 1.82) is 0 Å². The molecule has 1 unspecified atom stereocenters. The second-order valence-corrected chi connectivity index (χ2v) is 6.14. The number of aliphatic carboxylic acids is 1. The van der Waals surface area contributed by atoms with E-state index in [0.717, 1.165) is 11.8 Å². The minimum atomic E-state index is -0.946. The number of urea groups is 1. The molecule has 5 nitrogen and oxygen atoms in total. The van der Waals surface area contributed by atoms with Crippen molar-refractivity contribution in [3.63, 3.8) is 0 Å². The van der Waals surface area contributed by atoms with Gasteiger partial charge >= 0.3 is 12.0 Å². The van der Waals surface area contributed by atoms with E-state index < -0.39 is 17.8 Å². The van der Waals surface area contributed by atoms with Gasteiger partial charge in [-0.1, -0.05) is 11.6 Å². The number of carbonyl (C=O) groups excluding carboxylic acids is 1. The number of anilines is 1. The molecule has 2 amide bonds. The minimum Gasteiger partial charge on any atom is -0.481 e. The number of thioether (sulfide) groups is 1. The smallest absolute Gasteiger partial charge is 0.322 e. The monoisotopic (exact) mass is 332 g/mol. The molecule has 8 heteroatoms. The molecule has 1 aliphatic heterocycles. The van der Waals surface area contributed by atoms with E-state index in [-0.39, 0.29) is 23.2 Å². The summed E-state index contributed by atoms with van der Waals surface area (Å²) in [6, 6.07) is 3.19. The van der Waals surface area contributed by atoms with E-state index in [4.69, 9.17) is 16.7 Å². The zero-order valence-corrected chi connectivity index (χ0v) is 12.6. The summed E-state index contributed by atoms with van der Waals surface area (Å²) in [4.78, 5) is 24.5. The molecule has 1 aliphatic rings. The number of nitrogens with one attached hydrogen (secondary N) is 1. The number of rotatable bonds is 3. The molecule has 1 aromatic carbocycles. The number of benzene rings is 1. The first-order chi connectivity index (χ1) is 9.97. The van der Waals surface area contributed by atoms with Gasteiger partial charge in [0.25, 0.3) is 0 Å². The number of hydrogen-bond acceptors (Lipinski definition) is 3. The van der Waals surface area contributed by atoms with Crippen molar-refractivity contribution in [1.82, 2.24) is 4.90 Å². The minimum absolute atomic E-state index is 0.0221. The highest BCUT2D eigenvalue weighted by molar-refractivity contribution is 7.99. The Kier molecular flexibility index (Phi) is 5.30. The van der Waals surface area contributed by atoms with Crippen molar-refractivity contribution in [3.8, 4) is 0 Å². The van der Waals surface area contributed by atoms with Gasteiger partial charge in [-0.25, -0.2) is 9.18 Å². The Bertz CT molecular complexity index is 558. The molecule has 1 fully saturated rings. The summed E-state index contributed by atoms with van der Waals surface area (Å²) in [6.45, 7) is 0.463. The van der Waals surface area contributed by atoms with Gasteiger partial charge in [-0.15, -0.1) is 0 Å². The van der Waals surface area contributed by atoms with Crippen LogP contribution in [-0.2, 0) is 4.79 Å². The van der Waals surface area contributed by atoms with Crippen molar-refractivity contribution in [2.45, 2.75) is 12.5 Å². The van der Waals surface area contributed by atoms with Crippen molar-refractivity contribution in [2.24, 2.45) is 0 Å². The molecule has 0 bridgehead atoms. The average Bonchev–Trinajstić information content (AvgIpc) is 2.43. The van der Waals surface area contributed by atoms with Crippen LogP contribution in [0.4, 0.5) is 14.9 Å². The summed E-state index contributed by atoms with van der Waals surface area (Å²) in [5.74, 6) is -0.240. The normalized spacial score (nSPS) is 18.4. The van der Waals surface area contributed by atoms with E-state index in [1.165, 1.54) is 17.0 Å². The van der Waals surface area contributed by atoms with Gasteiger partial charge in [0.2, 0.25) is 0 Å². The third-order valence-corrected chi connectivity index (χ3v) is 4.47. The maximum atomic E-state index is 13.3. The molecule has 1 atom stereocenters. The van der Waals surface area contributed by atoms with Crippen molar-refractivity contribution in [3.05, 3.63) is 29.0 Å². The van der Waals surface area contributed by atoms with Crippen LogP contribution >= 0.6 is 23.4 Å². The first kappa shape index (κ1) is 15.9. The largest absolute Gasteiger partial charge is 0.481 e. The molecule has 0 aromatic heterocycles. The van der Waals surface area contributed by atoms with Crippen LogP contribution in [0.1, 0.15) is 6.42 Å². The Labute approximate surface area is 130 Å². The lowest BCUT2D eigenvalue weighted by atomic mass is 10.2. The number of carboxylic acid groups (broad SMARTS) is 1. The molecule has 1 saturated heterocycles. The van der Waals surface area contributed by atoms with Crippen LogP contribution in [0.5, 0.6) is 0 Å². The molecule has 0 aliphatic carbocycles. The molecule has 1 heterocycles. The number of hydrogen-bond donors (Lipinski definition) is 2. The predicted octanol–water partition coefficient (Wildman–Crippen LogP) is 2.90. The zero-order valence-electron chi connectivity index (χ0n) is 11.0. The van der Waals surface area contributed by atoms with Gasteiger partial charge in [0.15, 0.2) is 0 Å². The lowest BCUT2D eigenvalue weighted by Crippen LogP contribution is -2.48. The highest BCUT2D eigenvalue weighted by atomic mass is 35.5. The Morgan fingerprint density at radius 1 is 1.52 bits per heavy atom. The van der Waals surface area contributed by atoms with Gasteiger partial charge in [-0.3, -0.25) is 4.79 Å². The van der Waals surface area contributed by atoms with Crippen LogP contribution in [0, 0.1) is 5.82 Å². The number of halogens is 2. The van der Waals surface area contributed by atoms with E-state index in [0.29, 0.717) is 12.3 Å². The highest BCUT2D eigenvalue weighted by Crippen LogP contribution is 2.22. The molecule has 1 aromatic rings. The Morgan fingerprint density at radius 3 is 2.95 bits per heavy atom. The SMILES string of the molecule is O=C(O)CC1CSCCN1C(=O)Nc1ccc(Cl)c(F)c1. The molecular weight excluding hydrogens is 319 g/mol. The Balaban J connectivity index is 2.06. The average molecular weight is 333 g/mol. The summed E-state index contributed by atoms with van der Waals surface area (Å²) in [5.41, 5.74) is 0.286. The fourth-order valence-electron chi connectivity index (χ4n) is 2.06. The molecule has 114 valence electrons. The summed E-state index contributed by atoms with van der Waals surface area (Å²) in [6.07, 6.45) is -0.102. The summed E-state index contributed by atoms with van der Waals surface area (Å²) in [7, 11) is 0. The maximum Gasteiger partial charge on any atom is 0.322 e. The first-order valence-electron chi connectivity index (χ1n) is 6.29. The fourth-order valence-corrected chi connectivity index (χ4v) is 3.24. The van der Waals surface area contributed by atoms with Crippen molar-refractivity contribution >= 4 is 41.1 Å². The Morgan fingerprint density at radius 2 is 2.29 bits per heavy atom. The zero-order chi connectivity index (χ0) is 15.4. The standard InChI is InChI=1S/C13H14ClFN2O3S/c14-10-2-1-8(5-11(10)15)16-13(20)17-3-4-21-7-9(17)6-12(18)19/h1-2,5,9H,3-4,6-7H2,(H,16,20)(H,18,19). The van der Waals surface area contributed by atoms with E-state index in [1.807, 2.05) is 0 Å². The van der Waals surface area contributed by atoms with Crippen LogP contribution < -0.4 is 5.32 Å². The molecule has 2 N–H and O–H groups in total. The molecule has 0 radical (unpaired) electrons. The predicted molar refractivity (Wildman–Crippen MR) is 80.5 cm³/mol. The van der Waals surface area contributed by atoms with E-state index >= 15 is 0 Å². The van der Waals surface area contributed by atoms with Crippen LogP contribution in [0.3, 0.4) is 0 Å². The summed E-state index contributed by atoms with van der Waals surface area (Å²) < 4.78 is 13.3. The van der Waals surface area contributed by atoms with Crippen molar-refractivity contribution in [2.75, 3.05) is 23.4 Å². The van der Waals surface area contributed by atoms with Crippen LogP contribution in [0.25, 0.3) is 0 Å². The Hall–Kier alpha value is -1.47. The van der Waals surface area contributed by atoms with E-state index in [9.17, 15) is 14.0 Å². The van der Waals surface area contributed by atoms with Gasteiger partial charge in [0.05, 0.1) is 17.5 Å². The number of amides is 2. The first-order valence-corrected chi connectivity index (χ1v) is 7.83. The second-order valence-electron chi connectivity index (χ2n) is 4.58. The van der Waals surface area contributed by atoms with Gasteiger partial charge in [-0.05, 0) is 18.2 Å². The quantitative estimate of drug-likeness (QED) is 0.893. The molecule has 2 rings (SSSR count). The lowest BCUT2D eigenvalue weighted by Gasteiger charge is -2.34. The highest BCUT2D eigenvalue weighted by Gasteiger charge is 2.28. The van der Waals surface area contributed by atoms with Gasteiger partial charge in [0, 0.05) is 23.7 Å². The van der Waals surface area contributed by atoms with E-state index in [1.54, 1.807) is 11.8 Å². The number of carboxylic acids is 1. The van der Waals surface area contributed by atoms with Gasteiger partial charge < -0.3 is 15.3 Å². The molecule has 0 spiro atoms. The van der Waals surface area contributed by atoms with Crippen molar-refractivity contribution < 1.29 is 19.1 Å².